The van der Waals surface area contributed by atoms with Crippen LogP contribution in [-0.2, 0) is 0 Å². The van der Waals surface area contributed by atoms with Crippen molar-refractivity contribution in [2.45, 2.75) is 19.9 Å². The molecule has 1 aliphatic heterocycles. The number of carbonyl (C=O) groups is 1. The number of aromatic nitrogens is 3. The Bertz CT molecular complexity index is 703. The van der Waals surface area contributed by atoms with Crippen LogP contribution in [0.15, 0.2) is 24.3 Å². The average molecular weight is 356 g/mol. The first-order valence-corrected chi connectivity index (χ1v) is 7.66. The van der Waals surface area contributed by atoms with Gasteiger partial charge in [0.2, 0.25) is 0 Å². The molecule has 2 aromatic rings. The Morgan fingerprint density at radius 1 is 1.39 bits per heavy atom. The maximum absolute atomic E-state index is 12.7. The molecule has 0 saturated carbocycles. The van der Waals surface area contributed by atoms with Crippen molar-refractivity contribution in [3.8, 4) is 5.69 Å². The van der Waals surface area contributed by atoms with Crippen molar-refractivity contribution in [2.75, 3.05) is 19.6 Å². The second-order valence-electron chi connectivity index (χ2n) is 5.44. The lowest BCUT2D eigenvalue weighted by Crippen LogP contribution is -2.52. The van der Waals surface area contributed by atoms with Gasteiger partial charge in [0.25, 0.3) is 5.91 Å². The lowest BCUT2D eigenvalue weighted by atomic mass is 10.2. The number of para-hydroxylation sites is 1. The Hall–Kier alpha value is -1.63. The largest absolute Gasteiger partial charge is 0.332 e. The van der Waals surface area contributed by atoms with E-state index >= 15 is 0 Å². The quantitative estimate of drug-likeness (QED) is 0.895. The molecule has 0 aliphatic carbocycles. The van der Waals surface area contributed by atoms with Crippen LogP contribution in [0.1, 0.15) is 23.1 Å². The molecule has 2 heterocycles. The fourth-order valence-corrected chi connectivity index (χ4v) is 2.87. The van der Waals surface area contributed by atoms with Crippen LogP contribution in [0.5, 0.6) is 0 Å². The molecule has 23 heavy (non-hydrogen) atoms. The van der Waals surface area contributed by atoms with E-state index in [2.05, 4.69) is 15.6 Å². The fraction of sp³-hybridized carbons (Fsp3) is 0.400. The Balaban J connectivity index is 0.00000192. The second kappa shape index (κ2) is 7.29. The summed E-state index contributed by atoms with van der Waals surface area (Å²) in [4.78, 5) is 14.5. The zero-order valence-corrected chi connectivity index (χ0v) is 14.6. The maximum atomic E-state index is 12.7. The predicted octanol–water partition coefficient (Wildman–Crippen LogP) is 2.08. The molecule has 1 aliphatic rings. The molecule has 6 nitrogen and oxygen atoms in total. The zero-order chi connectivity index (χ0) is 15.7. The highest BCUT2D eigenvalue weighted by atomic mass is 35.5. The summed E-state index contributed by atoms with van der Waals surface area (Å²) in [6.07, 6.45) is 0. The van der Waals surface area contributed by atoms with Gasteiger partial charge in [0.05, 0.1) is 16.4 Å². The van der Waals surface area contributed by atoms with Gasteiger partial charge in [0.1, 0.15) is 0 Å². The highest BCUT2D eigenvalue weighted by Crippen LogP contribution is 2.22. The number of carbonyl (C=O) groups excluding carboxylic acids is 1. The first-order valence-electron chi connectivity index (χ1n) is 7.28. The van der Waals surface area contributed by atoms with Gasteiger partial charge in [0.15, 0.2) is 5.69 Å². The summed E-state index contributed by atoms with van der Waals surface area (Å²) < 4.78 is 1.61. The second-order valence-corrected chi connectivity index (χ2v) is 5.85. The molecule has 1 N–H and O–H groups in total. The van der Waals surface area contributed by atoms with Gasteiger partial charge in [0, 0.05) is 25.7 Å². The summed E-state index contributed by atoms with van der Waals surface area (Å²) in [6, 6.07) is 7.52. The molecule has 1 saturated heterocycles. The lowest BCUT2D eigenvalue weighted by Gasteiger charge is -2.33. The third-order valence-electron chi connectivity index (χ3n) is 3.94. The van der Waals surface area contributed by atoms with E-state index in [1.165, 1.54) is 0 Å². The van der Waals surface area contributed by atoms with E-state index in [1.807, 2.05) is 36.9 Å². The molecule has 0 spiro atoms. The third-order valence-corrected chi connectivity index (χ3v) is 4.26. The maximum Gasteiger partial charge on any atom is 0.276 e. The Labute approximate surface area is 146 Å². The molecule has 0 unspecified atom stereocenters. The highest BCUT2D eigenvalue weighted by Gasteiger charge is 2.28. The third kappa shape index (κ3) is 3.34. The topological polar surface area (TPSA) is 63.1 Å². The van der Waals surface area contributed by atoms with Crippen LogP contribution in [0.3, 0.4) is 0 Å². The van der Waals surface area contributed by atoms with Crippen molar-refractivity contribution in [3.63, 3.8) is 0 Å². The first-order chi connectivity index (χ1) is 10.6. The van der Waals surface area contributed by atoms with E-state index in [-0.39, 0.29) is 24.4 Å². The fourth-order valence-electron chi connectivity index (χ4n) is 2.66. The predicted molar refractivity (Wildman–Crippen MR) is 91.7 cm³/mol. The monoisotopic (exact) mass is 355 g/mol. The molecular formula is C15H19Cl2N5O. The first kappa shape index (κ1) is 17.7. The van der Waals surface area contributed by atoms with Gasteiger partial charge >= 0.3 is 0 Å². The van der Waals surface area contributed by atoms with Gasteiger partial charge in [-0.25, -0.2) is 4.68 Å². The minimum absolute atomic E-state index is 0. The number of piperazine rings is 1. The van der Waals surface area contributed by atoms with Crippen LogP contribution in [0.25, 0.3) is 5.69 Å². The van der Waals surface area contributed by atoms with Crippen molar-refractivity contribution >= 4 is 29.9 Å². The number of rotatable bonds is 2. The summed E-state index contributed by atoms with van der Waals surface area (Å²) in [5.74, 6) is -0.0789. The molecule has 1 fully saturated rings. The van der Waals surface area contributed by atoms with Gasteiger partial charge in [-0.2, -0.15) is 0 Å². The molecule has 1 amide bonds. The molecule has 1 aromatic heterocycles. The molecule has 3 rings (SSSR count). The van der Waals surface area contributed by atoms with E-state index in [0.29, 0.717) is 23.0 Å². The van der Waals surface area contributed by atoms with Crippen LogP contribution < -0.4 is 5.32 Å². The van der Waals surface area contributed by atoms with Crippen molar-refractivity contribution in [2.24, 2.45) is 0 Å². The van der Waals surface area contributed by atoms with E-state index in [9.17, 15) is 4.79 Å². The minimum atomic E-state index is -0.0789. The molecular weight excluding hydrogens is 337 g/mol. The number of halogens is 2. The summed E-state index contributed by atoms with van der Waals surface area (Å²) in [5.41, 5.74) is 1.80. The molecule has 0 bridgehead atoms. The molecule has 124 valence electrons. The van der Waals surface area contributed by atoms with E-state index in [4.69, 9.17) is 11.6 Å². The van der Waals surface area contributed by atoms with Crippen molar-refractivity contribution in [1.29, 1.82) is 0 Å². The molecule has 1 aromatic carbocycles. The molecule has 0 radical (unpaired) electrons. The van der Waals surface area contributed by atoms with Crippen LogP contribution in [0.2, 0.25) is 5.02 Å². The normalized spacial score (nSPS) is 17.7. The van der Waals surface area contributed by atoms with Crippen LogP contribution in [-0.4, -0.2) is 51.5 Å². The Kier molecular flexibility index (Phi) is 5.62. The number of nitrogens with zero attached hydrogens (tertiary/aromatic N) is 4. The number of hydrogen-bond donors (Lipinski definition) is 1. The van der Waals surface area contributed by atoms with Gasteiger partial charge < -0.3 is 10.2 Å². The molecule has 8 heteroatoms. The van der Waals surface area contributed by atoms with Crippen molar-refractivity contribution in [1.82, 2.24) is 25.2 Å². The van der Waals surface area contributed by atoms with Crippen LogP contribution in [0.4, 0.5) is 0 Å². The Morgan fingerprint density at radius 3 is 2.83 bits per heavy atom. The number of hydrogen-bond acceptors (Lipinski definition) is 4. The van der Waals surface area contributed by atoms with Gasteiger partial charge in [-0.05, 0) is 26.0 Å². The number of amides is 1. The average Bonchev–Trinajstić information content (AvgIpc) is 2.89. The summed E-state index contributed by atoms with van der Waals surface area (Å²) >= 11 is 6.20. The zero-order valence-electron chi connectivity index (χ0n) is 13.0. The summed E-state index contributed by atoms with van der Waals surface area (Å²) in [6.45, 7) is 6.14. The Morgan fingerprint density at radius 2 is 2.13 bits per heavy atom. The van der Waals surface area contributed by atoms with E-state index in [0.717, 1.165) is 18.8 Å². The summed E-state index contributed by atoms with van der Waals surface area (Å²) in [7, 11) is 0. The van der Waals surface area contributed by atoms with Crippen molar-refractivity contribution < 1.29 is 4.79 Å². The highest BCUT2D eigenvalue weighted by molar-refractivity contribution is 6.32. The number of nitrogens with one attached hydrogen (secondary N) is 1. The van der Waals surface area contributed by atoms with Crippen LogP contribution in [0, 0.1) is 6.92 Å². The van der Waals surface area contributed by atoms with Gasteiger partial charge in [-0.1, -0.05) is 28.9 Å². The number of benzene rings is 1. The summed E-state index contributed by atoms with van der Waals surface area (Å²) in [5, 5.41) is 12.0. The lowest BCUT2D eigenvalue weighted by molar-refractivity contribution is 0.0649. The van der Waals surface area contributed by atoms with E-state index < -0.39 is 0 Å². The smallest absolute Gasteiger partial charge is 0.276 e. The van der Waals surface area contributed by atoms with Crippen LogP contribution >= 0.6 is 24.0 Å². The molecule has 1 atom stereocenters. The SMILES string of the molecule is Cc1c(C(=O)N2CCNC[C@@H]2C)nnn1-c1ccccc1Cl.Cl. The minimum Gasteiger partial charge on any atom is -0.332 e. The van der Waals surface area contributed by atoms with Gasteiger partial charge in [-0.15, -0.1) is 17.5 Å². The van der Waals surface area contributed by atoms with E-state index in [1.54, 1.807) is 10.7 Å². The van der Waals surface area contributed by atoms with Gasteiger partial charge in [-0.3, -0.25) is 4.79 Å². The van der Waals surface area contributed by atoms with Crippen molar-refractivity contribution in [3.05, 3.63) is 40.7 Å². The standard InChI is InChI=1S/C15H18ClN5O.ClH/c1-10-9-17-7-8-20(10)15(22)14-11(2)21(19-18-14)13-6-4-3-5-12(13)16;/h3-6,10,17H,7-9H2,1-2H3;1H/t10-;/m0./s1.